The molecule has 0 bridgehead atoms. The van der Waals surface area contributed by atoms with E-state index in [1.807, 2.05) is 61.5 Å². The Labute approximate surface area is 209 Å². The van der Waals surface area contributed by atoms with Crippen molar-refractivity contribution in [3.8, 4) is 28.4 Å². The predicted molar refractivity (Wildman–Crippen MR) is 139 cm³/mol. The largest absolute Gasteiger partial charge is 0.493 e. The topological polar surface area (TPSA) is 123 Å². The van der Waals surface area contributed by atoms with Crippen molar-refractivity contribution >= 4 is 17.7 Å². The van der Waals surface area contributed by atoms with Crippen LogP contribution in [-0.4, -0.2) is 22.5 Å². The van der Waals surface area contributed by atoms with E-state index in [1.165, 1.54) is 6.92 Å². The Bertz CT molecular complexity index is 1360. The number of esters is 1. The predicted octanol–water partition coefficient (Wildman–Crippen LogP) is 4.80. The fourth-order valence-electron chi connectivity index (χ4n) is 3.82. The van der Waals surface area contributed by atoms with Crippen LogP contribution in [0.25, 0.3) is 11.1 Å². The van der Waals surface area contributed by atoms with Crippen molar-refractivity contribution in [2.24, 2.45) is 0 Å². The number of nitrogens with zero attached hydrogens (tertiary/aromatic N) is 2. The molecule has 4 N–H and O–H groups in total. The summed E-state index contributed by atoms with van der Waals surface area (Å²) < 4.78 is 17.7. The Morgan fingerprint density at radius 2 is 1.67 bits per heavy atom. The zero-order valence-corrected chi connectivity index (χ0v) is 20.2. The van der Waals surface area contributed by atoms with E-state index in [9.17, 15) is 4.79 Å². The highest BCUT2D eigenvalue weighted by Gasteiger charge is 2.18. The van der Waals surface area contributed by atoms with Gasteiger partial charge in [0.05, 0.1) is 12.2 Å². The van der Waals surface area contributed by atoms with Gasteiger partial charge < -0.3 is 25.7 Å². The maximum Gasteiger partial charge on any atom is 0.308 e. The van der Waals surface area contributed by atoms with Gasteiger partial charge in [-0.25, -0.2) is 4.98 Å². The summed E-state index contributed by atoms with van der Waals surface area (Å²) in [6.45, 7) is 4.10. The van der Waals surface area contributed by atoms with E-state index in [0.29, 0.717) is 42.7 Å². The SMILES string of the molecule is CCOc1cc(Cc2cnc(N)nc2N)cc(OCc2ccccc2)c1-c1cccc(OC(C)=O)c1. The number of ether oxygens (including phenoxy) is 3. The Kier molecular flexibility index (Phi) is 7.65. The zero-order valence-electron chi connectivity index (χ0n) is 20.2. The number of carbonyl (C=O) groups excluding carboxylic acids is 1. The fraction of sp³-hybridized carbons (Fsp3) is 0.179. The summed E-state index contributed by atoms with van der Waals surface area (Å²) in [7, 11) is 0. The van der Waals surface area contributed by atoms with Crippen LogP contribution in [0.3, 0.4) is 0 Å². The normalized spacial score (nSPS) is 10.6. The van der Waals surface area contributed by atoms with Crippen LogP contribution in [0.5, 0.6) is 17.2 Å². The minimum atomic E-state index is -0.392. The lowest BCUT2D eigenvalue weighted by atomic mass is 9.98. The molecule has 0 saturated carbocycles. The summed E-state index contributed by atoms with van der Waals surface area (Å²) in [6.07, 6.45) is 2.08. The van der Waals surface area contributed by atoms with Crippen molar-refractivity contribution in [1.82, 2.24) is 9.97 Å². The molecule has 4 rings (SSSR count). The standard InChI is InChI=1S/C28H28N4O4/c1-3-34-24-13-20(12-22-16-31-28(30)32-27(22)29)14-25(35-17-19-8-5-4-6-9-19)26(24)21-10-7-11-23(15-21)36-18(2)33/h4-11,13-16H,3,12,17H2,1-2H3,(H4,29,30,31,32). The molecular weight excluding hydrogens is 456 g/mol. The first-order chi connectivity index (χ1) is 17.4. The van der Waals surface area contributed by atoms with Crippen LogP contribution in [-0.2, 0) is 17.8 Å². The molecule has 0 aliphatic heterocycles. The Morgan fingerprint density at radius 1 is 0.917 bits per heavy atom. The van der Waals surface area contributed by atoms with Crippen LogP contribution >= 0.6 is 0 Å². The first kappa shape index (κ1) is 24.5. The van der Waals surface area contributed by atoms with Gasteiger partial charge in [0.1, 0.15) is 29.7 Å². The molecule has 0 aliphatic carbocycles. The summed E-state index contributed by atoms with van der Waals surface area (Å²) in [5.41, 5.74) is 16.0. The van der Waals surface area contributed by atoms with Gasteiger partial charge in [-0.1, -0.05) is 42.5 Å². The molecule has 1 heterocycles. The number of anilines is 2. The lowest BCUT2D eigenvalue weighted by molar-refractivity contribution is -0.131. The average Bonchev–Trinajstić information content (AvgIpc) is 2.85. The van der Waals surface area contributed by atoms with Gasteiger partial charge in [0, 0.05) is 25.1 Å². The number of hydrogen-bond donors (Lipinski definition) is 2. The molecule has 0 atom stereocenters. The van der Waals surface area contributed by atoms with E-state index >= 15 is 0 Å². The monoisotopic (exact) mass is 484 g/mol. The van der Waals surface area contributed by atoms with Gasteiger partial charge in [0.25, 0.3) is 0 Å². The van der Waals surface area contributed by atoms with Crippen molar-refractivity contribution in [2.75, 3.05) is 18.1 Å². The summed E-state index contributed by atoms with van der Waals surface area (Å²) in [5, 5.41) is 0. The molecule has 0 amide bonds. The van der Waals surface area contributed by atoms with Crippen LogP contribution in [0.2, 0.25) is 0 Å². The number of nitrogen functional groups attached to an aromatic ring is 2. The first-order valence-electron chi connectivity index (χ1n) is 11.5. The summed E-state index contributed by atoms with van der Waals surface area (Å²) in [4.78, 5) is 19.7. The molecule has 0 aliphatic rings. The first-order valence-corrected chi connectivity index (χ1v) is 11.5. The molecule has 0 spiro atoms. The van der Waals surface area contributed by atoms with Crippen LogP contribution in [0, 0.1) is 0 Å². The molecule has 0 saturated heterocycles. The number of aromatic nitrogens is 2. The zero-order chi connectivity index (χ0) is 25.5. The molecule has 0 radical (unpaired) electrons. The highest BCUT2D eigenvalue weighted by atomic mass is 16.5. The van der Waals surface area contributed by atoms with Gasteiger partial charge in [-0.15, -0.1) is 0 Å². The van der Waals surface area contributed by atoms with Crippen molar-refractivity contribution in [3.63, 3.8) is 0 Å². The lowest BCUT2D eigenvalue weighted by Gasteiger charge is -2.19. The lowest BCUT2D eigenvalue weighted by Crippen LogP contribution is -2.06. The second kappa shape index (κ2) is 11.2. The third-order valence-electron chi connectivity index (χ3n) is 5.36. The van der Waals surface area contributed by atoms with Crippen molar-refractivity contribution in [1.29, 1.82) is 0 Å². The number of hydrogen-bond acceptors (Lipinski definition) is 8. The number of benzene rings is 3. The molecule has 3 aromatic carbocycles. The molecule has 0 unspecified atom stereocenters. The summed E-state index contributed by atoms with van der Waals surface area (Å²) >= 11 is 0. The van der Waals surface area contributed by atoms with E-state index in [4.69, 9.17) is 25.7 Å². The Hall–Kier alpha value is -4.59. The molecule has 36 heavy (non-hydrogen) atoms. The third-order valence-corrected chi connectivity index (χ3v) is 5.36. The maximum absolute atomic E-state index is 11.5. The van der Waals surface area contributed by atoms with Crippen molar-refractivity contribution in [3.05, 3.63) is 89.6 Å². The number of rotatable bonds is 9. The third kappa shape index (κ3) is 6.09. The molecule has 8 nitrogen and oxygen atoms in total. The highest BCUT2D eigenvalue weighted by Crippen LogP contribution is 2.42. The molecule has 8 heteroatoms. The molecule has 0 fully saturated rings. The van der Waals surface area contributed by atoms with E-state index in [-0.39, 0.29) is 5.95 Å². The quantitative estimate of drug-likeness (QED) is 0.256. The minimum Gasteiger partial charge on any atom is -0.493 e. The Morgan fingerprint density at radius 3 is 2.36 bits per heavy atom. The summed E-state index contributed by atoms with van der Waals surface area (Å²) in [6, 6.07) is 21.1. The van der Waals surface area contributed by atoms with Gasteiger partial charge in [0.15, 0.2) is 0 Å². The van der Waals surface area contributed by atoms with Crippen molar-refractivity contribution < 1.29 is 19.0 Å². The minimum absolute atomic E-state index is 0.126. The molecule has 184 valence electrons. The summed E-state index contributed by atoms with van der Waals surface area (Å²) in [5.74, 6) is 1.75. The van der Waals surface area contributed by atoms with Gasteiger partial charge in [-0.2, -0.15) is 4.98 Å². The van der Waals surface area contributed by atoms with Crippen LogP contribution < -0.4 is 25.7 Å². The van der Waals surface area contributed by atoms with E-state index in [2.05, 4.69) is 9.97 Å². The van der Waals surface area contributed by atoms with Crippen LogP contribution in [0.15, 0.2) is 72.9 Å². The maximum atomic E-state index is 11.5. The fourth-order valence-corrected chi connectivity index (χ4v) is 3.82. The van der Waals surface area contributed by atoms with Gasteiger partial charge >= 0.3 is 5.97 Å². The molecular formula is C28H28N4O4. The number of carbonyl (C=O) groups is 1. The second-order valence-electron chi connectivity index (χ2n) is 8.11. The van der Waals surface area contributed by atoms with Gasteiger partial charge in [-0.05, 0) is 47.9 Å². The number of nitrogens with two attached hydrogens (primary N) is 2. The van der Waals surface area contributed by atoms with Crippen LogP contribution in [0.1, 0.15) is 30.5 Å². The average molecular weight is 485 g/mol. The Balaban J connectivity index is 1.80. The highest BCUT2D eigenvalue weighted by molar-refractivity contribution is 5.79. The smallest absolute Gasteiger partial charge is 0.308 e. The molecule has 4 aromatic rings. The molecule has 1 aromatic heterocycles. The van der Waals surface area contributed by atoms with Crippen molar-refractivity contribution in [2.45, 2.75) is 26.9 Å². The van der Waals surface area contributed by atoms with Gasteiger partial charge in [-0.3, -0.25) is 4.79 Å². The van der Waals surface area contributed by atoms with E-state index in [1.54, 1.807) is 18.3 Å². The van der Waals surface area contributed by atoms with E-state index in [0.717, 1.165) is 27.8 Å². The van der Waals surface area contributed by atoms with Crippen LogP contribution in [0.4, 0.5) is 11.8 Å². The van der Waals surface area contributed by atoms with E-state index < -0.39 is 5.97 Å². The van der Waals surface area contributed by atoms with Gasteiger partial charge in [0.2, 0.25) is 5.95 Å². The second-order valence-corrected chi connectivity index (χ2v) is 8.11.